The number of aliphatic hydroxyl groups excluding tert-OH is 2. The lowest BCUT2D eigenvalue weighted by Crippen LogP contribution is -2.45. The summed E-state index contributed by atoms with van der Waals surface area (Å²) in [4.78, 5) is 24.5. The largest absolute Gasteiger partial charge is 0.466 e. The summed E-state index contributed by atoms with van der Waals surface area (Å²) in [7, 11) is 0. The highest BCUT2D eigenvalue weighted by molar-refractivity contribution is 5.76. The van der Waals surface area contributed by atoms with Crippen molar-refractivity contribution in [3.8, 4) is 0 Å². The van der Waals surface area contributed by atoms with E-state index in [-0.39, 0.29) is 18.5 Å². The Bertz CT molecular complexity index is 1190. The number of carbonyl (C=O) groups excluding carboxylic acids is 2. The molecule has 0 saturated heterocycles. The summed E-state index contributed by atoms with van der Waals surface area (Å²) in [6, 6.07) is -0.635. The number of ether oxygens (including phenoxy) is 1. The van der Waals surface area contributed by atoms with Crippen molar-refractivity contribution >= 4 is 11.9 Å². The molecule has 6 heteroatoms. The summed E-state index contributed by atoms with van der Waals surface area (Å²) in [5, 5.41) is 23.0. The molecular weight excluding hydrogens is 839 g/mol. The van der Waals surface area contributed by atoms with Crippen molar-refractivity contribution in [3.63, 3.8) is 0 Å². The number of amides is 1. The van der Waals surface area contributed by atoms with Gasteiger partial charge in [0.1, 0.15) is 0 Å². The lowest BCUT2D eigenvalue weighted by Gasteiger charge is -2.20. The average Bonchev–Trinajstić information content (AvgIpc) is 3.34. The molecule has 0 aromatic carbocycles. The molecule has 0 heterocycles. The Balaban J connectivity index is 3.46. The Morgan fingerprint density at radius 3 is 1.15 bits per heavy atom. The van der Waals surface area contributed by atoms with Crippen molar-refractivity contribution in [2.24, 2.45) is 0 Å². The van der Waals surface area contributed by atoms with E-state index in [2.05, 4.69) is 67.8 Å². The van der Waals surface area contributed by atoms with E-state index in [0.29, 0.717) is 19.4 Å². The van der Waals surface area contributed by atoms with E-state index in [1.807, 2.05) is 6.08 Å². The third-order valence-electron chi connectivity index (χ3n) is 13.3. The maximum absolute atomic E-state index is 12.4. The first kappa shape index (κ1) is 65.6. The zero-order chi connectivity index (χ0) is 49.3. The van der Waals surface area contributed by atoms with Crippen LogP contribution in [0.1, 0.15) is 296 Å². The summed E-state index contributed by atoms with van der Waals surface area (Å²) in [5.74, 6) is -0.0829. The number of hydrogen-bond donors (Lipinski definition) is 3. The molecular formula is C62H113NO5. The molecule has 68 heavy (non-hydrogen) atoms. The predicted octanol–water partition coefficient (Wildman–Crippen LogP) is 18.4. The highest BCUT2D eigenvalue weighted by Gasteiger charge is 2.18. The molecule has 6 nitrogen and oxygen atoms in total. The van der Waals surface area contributed by atoms with Crippen LogP contribution in [-0.2, 0) is 14.3 Å². The Kier molecular flexibility index (Phi) is 55.1. The predicted molar refractivity (Wildman–Crippen MR) is 296 cm³/mol. The van der Waals surface area contributed by atoms with Crippen molar-refractivity contribution in [3.05, 3.63) is 60.8 Å². The second kappa shape index (κ2) is 57.1. The topological polar surface area (TPSA) is 95.9 Å². The molecule has 0 aliphatic carbocycles. The fourth-order valence-electron chi connectivity index (χ4n) is 8.69. The van der Waals surface area contributed by atoms with E-state index in [4.69, 9.17) is 4.74 Å². The van der Waals surface area contributed by atoms with Gasteiger partial charge in [-0.05, 0) is 96.3 Å². The van der Waals surface area contributed by atoms with Crippen LogP contribution in [0.15, 0.2) is 60.8 Å². The van der Waals surface area contributed by atoms with Gasteiger partial charge in [-0.3, -0.25) is 9.59 Å². The van der Waals surface area contributed by atoms with Crippen molar-refractivity contribution < 1.29 is 24.5 Å². The molecule has 0 fully saturated rings. The van der Waals surface area contributed by atoms with Gasteiger partial charge in [0.05, 0.1) is 25.4 Å². The minimum absolute atomic E-state index is 0.00212. The SMILES string of the molecule is CCCCC/C=C\C/C=C\CCCCCCCCCC(=O)OCCCCCCCCCCC/C=C\C/C=C\CCCCCCCCCC(=O)NC(CO)C(O)/C=C/CCCCCCCCCCC. The van der Waals surface area contributed by atoms with Gasteiger partial charge in [-0.15, -0.1) is 0 Å². The number of nitrogens with one attached hydrogen (secondary N) is 1. The Morgan fingerprint density at radius 1 is 0.412 bits per heavy atom. The monoisotopic (exact) mass is 952 g/mol. The molecule has 0 aromatic heterocycles. The van der Waals surface area contributed by atoms with Crippen LogP contribution in [0.2, 0.25) is 0 Å². The number of rotatable bonds is 54. The third-order valence-corrected chi connectivity index (χ3v) is 13.3. The second-order valence-corrected chi connectivity index (χ2v) is 20.0. The highest BCUT2D eigenvalue weighted by Crippen LogP contribution is 2.15. The van der Waals surface area contributed by atoms with Crippen LogP contribution in [0.4, 0.5) is 0 Å². The summed E-state index contributed by atoms with van der Waals surface area (Å²) in [6.07, 6.45) is 73.9. The van der Waals surface area contributed by atoms with Gasteiger partial charge in [-0.25, -0.2) is 0 Å². The van der Waals surface area contributed by atoms with Crippen molar-refractivity contribution in [1.82, 2.24) is 5.32 Å². The van der Waals surface area contributed by atoms with Crippen LogP contribution in [0.5, 0.6) is 0 Å². The molecule has 0 rings (SSSR count). The van der Waals surface area contributed by atoms with E-state index in [9.17, 15) is 19.8 Å². The van der Waals surface area contributed by atoms with E-state index < -0.39 is 12.1 Å². The maximum Gasteiger partial charge on any atom is 0.305 e. The molecule has 0 saturated carbocycles. The van der Waals surface area contributed by atoms with Gasteiger partial charge in [0.15, 0.2) is 0 Å². The van der Waals surface area contributed by atoms with Crippen molar-refractivity contribution in [2.45, 2.75) is 309 Å². The fourth-order valence-corrected chi connectivity index (χ4v) is 8.69. The van der Waals surface area contributed by atoms with Gasteiger partial charge < -0.3 is 20.3 Å². The number of allylic oxidation sites excluding steroid dienone is 9. The van der Waals surface area contributed by atoms with Gasteiger partial charge in [0, 0.05) is 12.8 Å². The second-order valence-electron chi connectivity index (χ2n) is 20.0. The number of esters is 1. The molecule has 0 radical (unpaired) electrons. The third kappa shape index (κ3) is 52.9. The van der Waals surface area contributed by atoms with Crippen LogP contribution in [-0.4, -0.2) is 47.4 Å². The Hall–Kier alpha value is -2.44. The molecule has 396 valence electrons. The van der Waals surface area contributed by atoms with Gasteiger partial charge in [-0.2, -0.15) is 0 Å². The van der Waals surface area contributed by atoms with E-state index >= 15 is 0 Å². The van der Waals surface area contributed by atoms with Crippen LogP contribution in [0.3, 0.4) is 0 Å². The fraction of sp³-hybridized carbons (Fsp3) is 0.806. The zero-order valence-electron chi connectivity index (χ0n) is 45.1. The minimum Gasteiger partial charge on any atom is -0.466 e. The highest BCUT2D eigenvalue weighted by atomic mass is 16.5. The molecule has 1 amide bonds. The normalized spacial score (nSPS) is 13.1. The van der Waals surface area contributed by atoms with Crippen LogP contribution < -0.4 is 5.32 Å². The first-order chi connectivity index (χ1) is 33.5. The lowest BCUT2D eigenvalue weighted by atomic mass is 10.1. The molecule has 0 spiro atoms. The molecule has 0 aliphatic heterocycles. The summed E-state index contributed by atoms with van der Waals surface area (Å²) >= 11 is 0. The standard InChI is InChI=1S/C62H113NO5/c1-3-5-7-9-11-13-15-16-17-25-29-32-36-40-44-48-52-56-62(67)68-57-53-49-45-41-37-33-30-27-24-22-20-18-19-21-23-26-28-31-35-39-43-47-51-55-61(66)63-59(58-64)60(65)54-50-46-42-38-34-14-12-10-8-6-4-2/h11,13,16-18,20-21,23,50,54,59-60,64-65H,3-10,12,14-15,19,22,24-49,51-53,55-58H2,1-2H3,(H,63,66)/b13-11-,17-16-,20-18-,23-21-,54-50+. The smallest absolute Gasteiger partial charge is 0.305 e. The minimum atomic E-state index is -0.851. The number of unbranched alkanes of at least 4 members (excludes halogenated alkanes) is 35. The number of carbonyl (C=O) groups is 2. The zero-order valence-corrected chi connectivity index (χ0v) is 45.1. The van der Waals surface area contributed by atoms with Crippen molar-refractivity contribution in [1.29, 1.82) is 0 Å². The van der Waals surface area contributed by atoms with Gasteiger partial charge >= 0.3 is 5.97 Å². The van der Waals surface area contributed by atoms with Crippen LogP contribution in [0, 0.1) is 0 Å². The molecule has 0 aliphatic rings. The van der Waals surface area contributed by atoms with Gasteiger partial charge in [0.25, 0.3) is 0 Å². The molecule has 3 N–H and O–H groups in total. The maximum atomic E-state index is 12.4. The Morgan fingerprint density at radius 2 is 0.735 bits per heavy atom. The van der Waals surface area contributed by atoms with Gasteiger partial charge in [0.2, 0.25) is 5.91 Å². The van der Waals surface area contributed by atoms with Crippen LogP contribution in [0.25, 0.3) is 0 Å². The van der Waals surface area contributed by atoms with Crippen LogP contribution >= 0.6 is 0 Å². The van der Waals surface area contributed by atoms with Crippen molar-refractivity contribution in [2.75, 3.05) is 13.2 Å². The molecule has 0 aromatic rings. The average molecular weight is 953 g/mol. The van der Waals surface area contributed by atoms with E-state index in [1.54, 1.807) is 6.08 Å². The lowest BCUT2D eigenvalue weighted by molar-refractivity contribution is -0.143. The summed E-state index contributed by atoms with van der Waals surface area (Å²) in [6.45, 7) is 4.85. The Labute approximate surface area is 422 Å². The summed E-state index contributed by atoms with van der Waals surface area (Å²) in [5.41, 5.74) is 0. The molecule has 0 bridgehead atoms. The van der Waals surface area contributed by atoms with Gasteiger partial charge in [-0.1, -0.05) is 248 Å². The quantitative estimate of drug-likeness (QED) is 0.0321. The number of hydrogen-bond acceptors (Lipinski definition) is 5. The first-order valence-electron chi connectivity index (χ1n) is 29.6. The van der Waals surface area contributed by atoms with E-state index in [0.717, 1.165) is 70.6 Å². The summed E-state index contributed by atoms with van der Waals surface area (Å²) < 4.78 is 5.48. The number of aliphatic hydroxyl groups is 2. The molecule has 2 unspecified atom stereocenters. The molecule has 2 atom stereocenters. The van der Waals surface area contributed by atoms with E-state index in [1.165, 1.54) is 199 Å². The first-order valence-corrected chi connectivity index (χ1v) is 29.6.